The number of hydrogen-bond donors (Lipinski definition) is 0. The fourth-order valence-corrected chi connectivity index (χ4v) is 0.351. The summed E-state index contributed by atoms with van der Waals surface area (Å²) in [4.78, 5) is 0. The Morgan fingerprint density at radius 2 is 1.00 bits per heavy atom. The van der Waals surface area contributed by atoms with E-state index in [9.17, 15) is 0 Å². The fraction of sp³-hybridized carbons (Fsp3) is 0.250. The van der Waals surface area contributed by atoms with Crippen molar-refractivity contribution in [2.24, 2.45) is 0 Å². The van der Waals surface area contributed by atoms with Crippen molar-refractivity contribution in [3.63, 3.8) is 0 Å². The molecule has 0 aromatic rings. The molecule has 0 aromatic heterocycles. The van der Waals surface area contributed by atoms with Crippen LogP contribution in [-0.4, -0.2) is 0 Å². The van der Waals surface area contributed by atoms with Gasteiger partial charge in [0.1, 0.15) is 0 Å². The van der Waals surface area contributed by atoms with Gasteiger partial charge < -0.3 is 0 Å². The van der Waals surface area contributed by atoms with Crippen molar-refractivity contribution in [2.45, 2.75) is 13.8 Å². The van der Waals surface area contributed by atoms with Crippen molar-refractivity contribution in [3.05, 3.63) is 36.5 Å². The SMILES string of the molecule is C\C=C/C=C\C=C/C. The van der Waals surface area contributed by atoms with Crippen LogP contribution < -0.4 is 0 Å². The van der Waals surface area contributed by atoms with Crippen molar-refractivity contribution < 1.29 is 0 Å². The van der Waals surface area contributed by atoms with Gasteiger partial charge >= 0.3 is 0 Å². The molecule has 0 heteroatoms. The molecule has 0 unspecified atom stereocenters. The standard InChI is InChI=1S/C8H12/c1-3-5-7-8-6-4-2/h3-8H,1-2H3/b5-3-,6-4-,8-7-. The lowest BCUT2D eigenvalue weighted by Gasteiger charge is -1.68. The van der Waals surface area contributed by atoms with Crippen molar-refractivity contribution in [2.75, 3.05) is 0 Å². The zero-order chi connectivity index (χ0) is 6.24. The molecule has 0 N–H and O–H groups in total. The first-order valence-electron chi connectivity index (χ1n) is 2.82. The first-order chi connectivity index (χ1) is 3.91. The van der Waals surface area contributed by atoms with Crippen LogP contribution in [0.25, 0.3) is 0 Å². The molecule has 0 aliphatic carbocycles. The van der Waals surface area contributed by atoms with Crippen LogP contribution in [0.4, 0.5) is 0 Å². The van der Waals surface area contributed by atoms with E-state index in [0.29, 0.717) is 0 Å². The molecule has 0 spiro atoms. The average molecular weight is 108 g/mol. The minimum atomic E-state index is 2.00. The maximum atomic E-state index is 2.00. The van der Waals surface area contributed by atoms with Gasteiger partial charge in [0, 0.05) is 0 Å². The van der Waals surface area contributed by atoms with Gasteiger partial charge in [0.2, 0.25) is 0 Å². The summed E-state index contributed by atoms with van der Waals surface area (Å²) in [6.07, 6.45) is 12.0. The molecule has 0 atom stereocenters. The molecule has 0 aliphatic rings. The van der Waals surface area contributed by atoms with E-state index in [1.54, 1.807) is 0 Å². The Morgan fingerprint density at radius 1 is 0.625 bits per heavy atom. The highest BCUT2D eigenvalue weighted by Crippen LogP contribution is 1.77. The second kappa shape index (κ2) is 6.22. The Morgan fingerprint density at radius 3 is 1.25 bits per heavy atom. The lowest BCUT2D eigenvalue weighted by molar-refractivity contribution is 1.71. The number of allylic oxidation sites excluding steroid dienone is 6. The average Bonchev–Trinajstić information content (AvgIpc) is 1.81. The van der Waals surface area contributed by atoms with Gasteiger partial charge in [-0.25, -0.2) is 0 Å². The van der Waals surface area contributed by atoms with E-state index in [1.807, 2.05) is 50.3 Å². The Hall–Kier alpha value is -0.780. The topological polar surface area (TPSA) is 0 Å². The lowest BCUT2D eigenvalue weighted by Crippen LogP contribution is -1.46. The van der Waals surface area contributed by atoms with Crippen molar-refractivity contribution in [3.8, 4) is 0 Å². The predicted molar refractivity (Wildman–Crippen MR) is 38.8 cm³/mol. The molecule has 0 aromatic carbocycles. The van der Waals surface area contributed by atoms with Gasteiger partial charge in [0.15, 0.2) is 0 Å². The molecule has 0 rings (SSSR count). The third kappa shape index (κ3) is 5.22. The molecular formula is C8H12. The molecule has 0 heterocycles. The quantitative estimate of drug-likeness (QED) is 0.477. The third-order valence-electron chi connectivity index (χ3n) is 0.718. The van der Waals surface area contributed by atoms with Crippen LogP contribution in [-0.2, 0) is 0 Å². The van der Waals surface area contributed by atoms with Crippen molar-refractivity contribution >= 4 is 0 Å². The van der Waals surface area contributed by atoms with E-state index in [0.717, 1.165) is 0 Å². The van der Waals surface area contributed by atoms with E-state index in [4.69, 9.17) is 0 Å². The smallest absolute Gasteiger partial charge is 0.0467 e. The van der Waals surface area contributed by atoms with Crippen LogP contribution in [0.1, 0.15) is 13.8 Å². The summed E-state index contributed by atoms with van der Waals surface area (Å²) in [6.45, 7) is 4.00. The summed E-state index contributed by atoms with van der Waals surface area (Å²) >= 11 is 0. The summed E-state index contributed by atoms with van der Waals surface area (Å²) in [6, 6.07) is 0. The van der Waals surface area contributed by atoms with Crippen LogP contribution in [0.2, 0.25) is 0 Å². The van der Waals surface area contributed by atoms with Gasteiger partial charge in [-0.15, -0.1) is 0 Å². The Labute approximate surface area is 51.2 Å². The first-order valence-corrected chi connectivity index (χ1v) is 2.82. The highest BCUT2D eigenvalue weighted by atomic mass is 13.6. The zero-order valence-corrected chi connectivity index (χ0v) is 5.46. The Bertz CT molecular complexity index is 91.2. The van der Waals surface area contributed by atoms with E-state index < -0.39 is 0 Å². The van der Waals surface area contributed by atoms with Crippen LogP contribution in [0.3, 0.4) is 0 Å². The van der Waals surface area contributed by atoms with Gasteiger partial charge in [-0.3, -0.25) is 0 Å². The second-order valence-corrected chi connectivity index (χ2v) is 1.44. The van der Waals surface area contributed by atoms with E-state index in [1.165, 1.54) is 0 Å². The highest BCUT2D eigenvalue weighted by molar-refractivity contribution is 5.09. The van der Waals surface area contributed by atoms with Crippen molar-refractivity contribution in [1.82, 2.24) is 0 Å². The summed E-state index contributed by atoms with van der Waals surface area (Å²) < 4.78 is 0. The Balaban J connectivity index is 3.35. The molecule has 8 heavy (non-hydrogen) atoms. The minimum Gasteiger partial charge on any atom is -0.0877 e. The number of hydrogen-bond acceptors (Lipinski definition) is 0. The monoisotopic (exact) mass is 108 g/mol. The maximum absolute atomic E-state index is 2.00. The molecule has 0 amide bonds. The summed E-state index contributed by atoms with van der Waals surface area (Å²) in [5, 5.41) is 0. The molecule has 0 fully saturated rings. The minimum absolute atomic E-state index is 2.00. The van der Waals surface area contributed by atoms with Gasteiger partial charge in [-0.1, -0.05) is 36.5 Å². The second-order valence-electron chi connectivity index (χ2n) is 1.44. The first kappa shape index (κ1) is 7.22. The number of rotatable bonds is 2. The van der Waals surface area contributed by atoms with E-state index in [-0.39, 0.29) is 0 Å². The normalized spacial score (nSPS) is 12.8. The van der Waals surface area contributed by atoms with Crippen LogP contribution in [0.5, 0.6) is 0 Å². The molecule has 44 valence electrons. The fourth-order valence-electron chi connectivity index (χ4n) is 0.351. The summed E-state index contributed by atoms with van der Waals surface area (Å²) in [7, 11) is 0. The lowest BCUT2D eigenvalue weighted by atomic mass is 10.4. The van der Waals surface area contributed by atoms with Crippen LogP contribution >= 0.6 is 0 Å². The largest absolute Gasteiger partial charge is 0.0877 e. The molecule has 0 aliphatic heterocycles. The van der Waals surface area contributed by atoms with Gasteiger partial charge in [0.25, 0.3) is 0 Å². The van der Waals surface area contributed by atoms with Gasteiger partial charge in [0.05, 0.1) is 0 Å². The predicted octanol–water partition coefficient (Wildman–Crippen LogP) is 2.69. The maximum Gasteiger partial charge on any atom is -0.0467 e. The molecular weight excluding hydrogens is 96.1 g/mol. The summed E-state index contributed by atoms with van der Waals surface area (Å²) in [5.41, 5.74) is 0. The molecule has 0 nitrogen and oxygen atoms in total. The Kier molecular flexibility index (Phi) is 5.61. The molecule has 0 bridgehead atoms. The molecule has 0 radical (unpaired) electrons. The van der Waals surface area contributed by atoms with Crippen molar-refractivity contribution in [1.29, 1.82) is 0 Å². The van der Waals surface area contributed by atoms with Gasteiger partial charge in [-0.05, 0) is 13.8 Å². The zero-order valence-electron chi connectivity index (χ0n) is 5.46. The molecule has 0 saturated heterocycles. The van der Waals surface area contributed by atoms with E-state index >= 15 is 0 Å². The van der Waals surface area contributed by atoms with Gasteiger partial charge in [-0.2, -0.15) is 0 Å². The molecule has 0 saturated carbocycles. The van der Waals surface area contributed by atoms with Crippen LogP contribution in [0, 0.1) is 0 Å². The van der Waals surface area contributed by atoms with E-state index in [2.05, 4.69) is 0 Å². The summed E-state index contributed by atoms with van der Waals surface area (Å²) in [5.74, 6) is 0. The third-order valence-corrected chi connectivity index (χ3v) is 0.718. The van der Waals surface area contributed by atoms with Crippen LogP contribution in [0.15, 0.2) is 36.5 Å². The highest BCUT2D eigenvalue weighted by Gasteiger charge is 1.55.